The van der Waals surface area contributed by atoms with E-state index in [9.17, 15) is 32.9 Å². The maximum absolute atomic E-state index is 13.2. The van der Waals surface area contributed by atoms with E-state index in [-0.39, 0.29) is 19.3 Å². The Bertz CT molecular complexity index is 629. The minimum atomic E-state index is -5.08. The van der Waals surface area contributed by atoms with Crippen molar-refractivity contribution < 1.29 is 37.2 Å². The maximum atomic E-state index is 13.2. The molecule has 8 nitrogen and oxygen atoms in total. The van der Waals surface area contributed by atoms with Crippen molar-refractivity contribution in [1.82, 2.24) is 4.98 Å². The lowest BCUT2D eigenvalue weighted by Crippen LogP contribution is -2.29. The number of nitro groups is 1. The van der Waals surface area contributed by atoms with Gasteiger partial charge >= 0.3 is 18.1 Å². The number of alkyl halides is 3. The minimum absolute atomic E-state index is 0.191. The van der Waals surface area contributed by atoms with E-state index in [4.69, 9.17) is 0 Å². The SMILES string of the molecule is CCOC(=O)C(C(=O)OCC)c1ncc([N+](=O)[O-])cc1C(F)(F)F. The molecule has 0 saturated carbocycles. The number of pyridine rings is 1. The van der Waals surface area contributed by atoms with Crippen LogP contribution in [0.25, 0.3) is 0 Å². The molecule has 1 heterocycles. The smallest absolute Gasteiger partial charge is 0.418 e. The predicted molar refractivity (Wildman–Crippen MR) is 71.9 cm³/mol. The fraction of sp³-hybridized carbons (Fsp3) is 0.462. The number of hydrogen-bond donors (Lipinski definition) is 0. The van der Waals surface area contributed by atoms with E-state index < -0.39 is 45.9 Å². The third kappa shape index (κ3) is 4.40. The Balaban J connectivity index is 3.53. The summed E-state index contributed by atoms with van der Waals surface area (Å²) >= 11 is 0. The van der Waals surface area contributed by atoms with Crippen LogP contribution < -0.4 is 0 Å². The number of nitrogens with zero attached hydrogens (tertiary/aromatic N) is 2. The largest absolute Gasteiger partial charge is 0.465 e. The van der Waals surface area contributed by atoms with Crippen LogP contribution in [-0.2, 0) is 25.2 Å². The topological polar surface area (TPSA) is 109 Å². The zero-order valence-electron chi connectivity index (χ0n) is 12.6. The van der Waals surface area contributed by atoms with E-state index in [1.807, 2.05) is 0 Å². The number of rotatable bonds is 6. The summed E-state index contributed by atoms with van der Waals surface area (Å²) < 4.78 is 48.7. The van der Waals surface area contributed by atoms with Crippen molar-refractivity contribution in [3.8, 4) is 0 Å². The molecule has 0 spiro atoms. The first-order valence-electron chi connectivity index (χ1n) is 6.68. The zero-order valence-corrected chi connectivity index (χ0v) is 12.6. The lowest BCUT2D eigenvalue weighted by molar-refractivity contribution is -0.385. The third-order valence-electron chi connectivity index (χ3n) is 2.74. The first-order chi connectivity index (χ1) is 11.1. The van der Waals surface area contributed by atoms with Gasteiger partial charge < -0.3 is 9.47 Å². The summed E-state index contributed by atoms with van der Waals surface area (Å²) in [5.74, 6) is -4.67. The first-order valence-corrected chi connectivity index (χ1v) is 6.68. The lowest BCUT2D eigenvalue weighted by atomic mass is 9.99. The van der Waals surface area contributed by atoms with Gasteiger partial charge in [0.05, 0.1) is 29.4 Å². The molecule has 1 rings (SSSR count). The molecule has 11 heteroatoms. The van der Waals surface area contributed by atoms with Gasteiger partial charge in [0.15, 0.2) is 5.92 Å². The van der Waals surface area contributed by atoms with E-state index in [1.165, 1.54) is 13.8 Å². The fourth-order valence-electron chi connectivity index (χ4n) is 1.79. The Morgan fingerprint density at radius 3 is 2.12 bits per heavy atom. The molecule has 1 aromatic heterocycles. The van der Waals surface area contributed by atoms with Crippen molar-refractivity contribution in [2.45, 2.75) is 25.9 Å². The first kappa shape index (κ1) is 19.3. The quantitative estimate of drug-likeness (QED) is 0.335. The molecule has 0 radical (unpaired) electrons. The molecule has 24 heavy (non-hydrogen) atoms. The van der Waals surface area contributed by atoms with Crippen LogP contribution in [0.15, 0.2) is 12.3 Å². The number of aromatic nitrogens is 1. The van der Waals surface area contributed by atoms with Gasteiger partial charge in [-0.3, -0.25) is 24.7 Å². The standard InChI is InChI=1S/C13H13F3N2O6/c1-3-23-11(19)9(12(20)24-4-2)10-8(13(14,15)16)5-7(6-17-10)18(21)22/h5-6,9H,3-4H2,1-2H3. The second-order valence-corrected chi connectivity index (χ2v) is 4.32. The minimum Gasteiger partial charge on any atom is -0.465 e. The molecule has 0 fully saturated rings. The molecule has 0 atom stereocenters. The molecule has 0 aliphatic rings. The predicted octanol–water partition coefficient (Wildman–Crippen LogP) is 2.22. The molecule has 132 valence electrons. The molecule has 1 aromatic rings. The van der Waals surface area contributed by atoms with Crippen LogP contribution in [0.5, 0.6) is 0 Å². The van der Waals surface area contributed by atoms with Crippen molar-refractivity contribution in [3.63, 3.8) is 0 Å². The molecular weight excluding hydrogens is 337 g/mol. The number of esters is 2. The van der Waals surface area contributed by atoms with Gasteiger partial charge in [0.2, 0.25) is 0 Å². The summed E-state index contributed by atoms with van der Waals surface area (Å²) in [5, 5.41) is 10.6. The number of carbonyl (C=O) groups excluding carboxylic acids is 2. The van der Waals surface area contributed by atoms with Crippen LogP contribution in [0, 0.1) is 10.1 Å². The van der Waals surface area contributed by atoms with Gasteiger partial charge in [0.25, 0.3) is 5.69 Å². The third-order valence-corrected chi connectivity index (χ3v) is 2.74. The second kappa shape index (κ2) is 7.70. The molecule has 0 amide bonds. The number of halogens is 3. The van der Waals surface area contributed by atoms with Crippen molar-refractivity contribution in [2.24, 2.45) is 0 Å². The second-order valence-electron chi connectivity index (χ2n) is 4.32. The Labute approximate surface area is 133 Å². The van der Waals surface area contributed by atoms with Gasteiger partial charge in [-0.25, -0.2) is 0 Å². The van der Waals surface area contributed by atoms with Gasteiger partial charge in [-0.05, 0) is 13.8 Å². The van der Waals surface area contributed by atoms with E-state index in [0.717, 1.165) is 0 Å². The Morgan fingerprint density at radius 1 is 1.25 bits per heavy atom. The van der Waals surface area contributed by atoms with Crippen LogP contribution in [0.3, 0.4) is 0 Å². The molecule has 0 aromatic carbocycles. The molecule has 0 aliphatic heterocycles. The number of hydrogen-bond acceptors (Lipinski definition) is 7. The van der Waals surface area contributed by atoms with Gasteiger partial charge in [-0.15, -0.1) is 0 Å². The number of carbonyl (C=O) groups is 2. The summed E-state index contributed by atoms with van der Waals surface area (Å²) in [6.07, 6.45) is -4.55. The van der Waals surface area contributed by atoms with Crippen LogP contribution in [0.4, 0.5) is 18.9 Å². The van der Waals surface area contributed by atoms with Crippen molar-refractivity contribution in [2.75, 3.05) is 13.2 Å². The van der Waals surface area contributed by atoms with Gasteiger partial charge in [0.1, 0.15) is 6.20 Å². The monoisotopic (exact) mass is 350 g/mol. The van der Waals surface area contributed by atoms with Crippen molar-refractivity contribution >= 4 is 17.6 Å². The van der Waals surface area contributed by atoms with E-state index in [0.29, 0.717) is 6.20 Å². The lowest BCUT2D eigenvalue weighted by Gasteiger charge is -2.18. The van der Waals surface area contributed by atoms with Crippen LogP contribution in [0.2, 0.25) is 0 Å². The molecule has 0 aliphatic carbocycles. The number of ether oxygens (including phenoxy) is 2. The Hall–Kier alpha value is -2.72. The van der Waals surface area contributed by atoms with Gasteiger partial charge in [-0.1, -0.05) is 0 Å². The van der Waals surface area contributed by atoms with E-state index >= 15 is 0 Å². The van der Waals surface area contributed by atoms with Crippen molar-refractivity contribution in [1.29, 1.82) is 0 Å². The fourth-order valence-corrected chi connectivity index (χ4v) is 1.79. The maximum Gasteiger partial charge on any atom is 0.418 e. The summed E-state index contributed by atoms with van der Waals surface area (Å²) in [6, 6.07) is 0.202. The molecular formula is C13H13F3N2O6. The zero-order chi connectivity index (χ0) is 18.5. The average molecular weight is 350 g/mol. The summed E-state index contributed by atoms with van der Waals surface area (Å²) in [7, 11) is 0. The Morgan fingerprint density at radius 2 is 1.75 bits per heavy atom. The highest BCUT2D eigenvalue weighted by Crippen LogP contribution is 2.37. The highest BCUT2D eigenvalue weighted by molar-refractivity contribution is 6.00. The van der Waals surface area contributed by atoms with Gasteiger partial charge in [0, 0.05) is 6.07 Å². The molecule has 0 bridgehead atoms. The summed E-state index contributed by atoms with van der Waals surface area (Å²) in [6.45, 7) is 2.41. The summed E-state index contributed by atoms with van der Waals surface area (Å²) in [5.41, 5.74) is -3.52. The Kier molecular flexibility index (Phi) is 6.20. The van der Waals surface area contributed by atoms with E-state index in [2.05, 4.69) is 14.5 Å². The summed E-state index contributed by atoms with van der Waals surface area (Å²) in [4.78, 5) is 36.7. The van der Waals surface area contributed by atoms with Crippen LogP contribution >= 0.6 is 0 Å². The molecule has 0 saturated heterocycles. The van der Waals surface area contributed by atoms with E-state index in [1.54, 1.807) is 0 Å². The highest BCUT2D eigenvalue weighted by Gasteiger charge is 2.43. The van der Waals surface area contributed by atoms with Crippen LogP contribution in [-0.4, -0.2) is 35.1 Å². The average Bonchev–Trinajstić information content (AvgIpc) is 2.47. The highest BCUT2D eigenvalue weighted by atomic mass is 19.4. The van der Waals surface area contributed by atoms with Crippen LogP contribution in [0.1, 0.15) is 31.0 Å². The molecule has 0 N–H and O–H groups in total. The van der Waals surface area contributed by atoms with Crippen molar-refractivity contribution in [3.05, 3.63) is 33.6 Å². The molecule has 0 unspecified atom stereocenters. The normalized spacial score (nSPS) is 11.2. The van der Waals surface area contributed by atoms with Gasteiger partial charge in [-0.2, -0.15) is 13.2 Å².